The molecule has 214 valence electrons. The molecule has 0 bridgehead atoms. The molecule has 0 atom stereocenters. The van der Waals surface area contributed by atoms with Crippen molar-refractivity contribution in [3.63, 3.8) is 0 Å². The molecular weight excluding hydrogens is 558 g/mol. The number of aromatic nitrogens is 2. The van der Waals surface area contributed by atoms with Crippen LogP contribution in [0.25, 0.3) is 11.3 Å². The molecular formula is C29H27N7O5S. The largest absolute Gasteiger partial charge is 0.339 e. The number of nitrogens with one attached hydrogen (secondary N) is 2. The number of nitroso groups, excluding NO2 is 1. The van der Waals surface area contributed by atoms with E-state index in [0.29, 0.717) is 54.8 Å². The van der Waals surface area contributed by atoms with Crippen LogP contribution in [0.3, 0.4) is 0 Å². The quantitative estimate of drug-likeness (QED) is 0.289. The molecule has 1 saturated heterocycles. The van der Waals surface area contributed by atoms with Crippen LogP contribution < -0.4 is 10.0 Å². The van der Waals surface area contributed by atoms with Gasteiger partial charge in [-0.1, -0.05) is 12.1 Å². The van der Waals surface area contributed by atoms with E-state index in [1.165, 1.54) is 31.2 Å². The van der Waals surface area contributed by atoms with Crippen LogP contribution in [0.2, 0.25) is 0 Å². The standard InChI is InChI=1S/C29H27N7O5S/c1-20(37)35-16-18-36(19-17-35)28(38)22-4-6-23(7-5-22)31-29-30-15-14-27(32-29)21-2-8-25(9-3-21)34-42(40,41)26-12-10-24(33-39)11-13-26/h2-15,34H,16-19H2,1H3,(H,30,31,32). The molecule has 3 aromatic carbocycles. The summed E-state index contributed by atoms with van der Waals surface area (Å²) in [6, 6.07) is 20.8. The normalized spacial score (nSPS) is 13.4. The van der Waals surface area contributed by atoms with Crippen molar-refractivity contribution in [2.24, 2.45) is 5.18 Å². The SMILES string of the molecule is CC(=O)N1CCN(C(=O)c2ccc(Nc3nccc(-c4ccc(NS(=O)(=O)c5ccc(N=O)cc5)cc4)n3)cc2)CC1. The van der Waals surface area contributed by atoms with Gasteiger partial charge in [-0.15, -0.1) is 4.91 Å². The van der Waals surface area contributed by atoms with Gasteiger partial charge < -0.3 is 15.1 Å². The van der Waals surface area contributed by atoms with Gasteiger partial charge in [0.25, 0.3) is 15.9 Å². The van der Waals surface area contributed by atoms with Crippen LogP contribution in [0, 0.1) is 4.91 Å². The summed E-state index contributed by atoms with van der Waals surface area (Å²) in [6.45, 7) is 3.59. The maximum Gasteiger partial charge on any atom is 0.261 e. The number of rotatable bonds is 8. The monoisotopic (exact) mass is 585 g/mol. The summed E-state index contributed by atoms with van der Waals surface area (Å²) in [5.74, 6) is 0.286. The van der Waals surface area contributed by atoms with E-state index < -0.39 is 10.0 Å². The Hall–Kier alpha value is -5.17. The molecule has 2 N–H and O–H groups in total. The summed E-state index contributed by atoms with van der Waals surface area (Å²) < 4.78 is 27.8. The Bertz CT molecular complexity index is 1700. The van der Waals surface area contributed by atoms with Crippen molar-refractivity contribution in [3.8, 4) is 11.3 Å². The molecule has 1 aliphatic heterocycles. The highest BCUT2D eigenvalue weighted by molar-refractivity contribution is 7.92. The van der Waals surface area contributed by atoms with Crippen molar-refractivity contribution in [1.29, 1.82) is 0 Å². The number of amides is 2. The maximum atomic E-state index is 12.9. The Kier molecular flexibility index (Phi) is 8.20. The Morgan fingerprint density at radius 3 is 2.05 bits per heavy atom. The van der Waals surface area contributed by atoms with E-state index in [-0.39, 0.29) is 22.4 Å². The zero-order valence-corrected chi connectivity index (χ0v) is 23.4. The third kappa shape index (κ3) is 6.58. The second kappa shape index (κ2) is 12.1. The lowest BCUT2D eigenvalue weighted by atomic mass is 10.1. The predicted molar refractivity (Wildman–Crippen MR) is 158 cm³/mol. The van der Waals surface area contributed by atoms with Crippen LogP contribution in [0.5, 0.6) is 0 Å². The van der Waals surface area contributed by atoms with Crippen molar-refractivity contribution < 1.29 is 18.0 Å². The average molecular weight is 586 g/mol. The summed E-state index contributed by atoms with van der Waals surface area (Å²) in [5.41, 5.74) is 3.12. The third-order valence-corrected chi connectivity index (χ3v) is 8.14. The van der Waals surface area contributed by atoms with Gasteiger partial charge in [0.15, 0.2) is 0 Å². The van der Waals surface area contributed by atoms with Gasteiger partial charge in [0.05, 0.1) is 10.6 Å². The molecule has 1 aromatic heterocycles. The van der Waals surface area contributed by atoms with Crippen molar-refractivity contribution >= 4 is 44.8 Å². The first kappa shape index (κ1) is 28.4. The minimum atomic E-state index is -3.84. The van der Waals surface area contributed by atoms with E-state index >= 15 is 0 Å². The minimum absolute atomic E-state index is 0.00962. The molecule has 0 saturated carbocycles. The van der Waals surface area contributed by atoms with Crippen molar-refractivity contribution in [1.82, 2.24) is 19.8 Å². The molecule has 42 heavy (non-hydrogen) atoms. The summed E-state index contributed by atoms with van der Waals surface area (Å²) in [6.07, 6.45) is 1.61. The molecule has 4 aromatic rings. The Morgan fingerprint density at radius 1 is 0.810 bits per heavy atom. The number of carbonyl (C=O) groups excluding carboxylic acids is 2. The molecule has 13 heteroatoms. The second-order valence-electron chi connectivity index (χ2n) is 9.53. The van der Waals surface area contributed by atoms with Crippen molar-refractivity contribution in [2.45, 2.75) is 11.8 Å². The highest BCUT2D eigenvalue weighted by Crippen LogP contribution is 2.24. The third-order valence-electron chi connectivity index (χ3n) is 6.74. The molecule has 1 fully saturated rings. The molecule has 12 nitrogen and oxygen atoms in total. The van der Waals surface area contributed by atoms with Crippen LogP contribution in [0.15, 0.2) is 95.1 Å². The molecule has 0 aliphatic carbocycles. The van der Waals surface area contributed by atoms with Crippen molar-refractivity contribution in [3.05, 3.63) is 95.5 Å². The highest BCUT2D eigenvalue weighted by atomic mass is 32.2. The molecule has 0 unspecified atom stereocenters. The first-order valence-electron chi connectivity index (χ1n) is 13.0. The zero-order valence-electron chi connectivity index (χ0n) is 22.6. The number of nitrogens with zero attached hydrogens (tertiary/aromatic N) is 5. The Balaban J connectivity index is 1.21. The maximum absolute atomic E-state index is 12.9. The summed E-state index contributed by atoms with van der Waals surface area (Å²) >= 11 is 0. The van der Waals surface area contributed by atoms with Crippen LogP contribution in [-0.2, 0) is 14.8 Å². The smallest absolute Gasteiger partial charge is 0.261 e. The number of hydrogen-bond acceptors (Lipinski definition) is 9. The zero-order chi connectivity index (χ0) is 29.7. The molecule has 0 radical (unpaired) electrons. The fraction of sp³-hybridized carbons (Fsp3) is 0.172. The van der Waals surface area contributed by atoms with Gasteiger partial charge in [0, 0.05) is 61.8 Å². The van der Waals surface area contributed by atoms with Gasteiger partial charge in [0.1, 0.15) is 5.69 Å². The number of sulfonamides is 1. The van der Waals surface area contributed by atoms with E-state index in [4.69, 9.17) is 0 Å². The summed E-state index contributed by atoms with van der Waals surface area (Å²) in [7, 11) is -3.84. The van der Waals surface area contributed by atoms with Gasteiger partial charge in [-0.3, -0.25) is 14.3 Å². The molecule has 2 amide bonds. The fourth-order valence-electron chi connectivity index (χ4n) is 4.42. The molecule has 0 spiro atoms. The average Bonchev–Trinajstić information content (AvgIpc) is 3.01. The van der Waals surface area contributed by atoms with Gasteiger partial charge in [0.2, 0.25) is 11.9 Å². The van der Waals surface area contributed by atoms with Crippen LogP contribution >= 0.6 is 0 Å². The molecule has 5 rings (SSSR count). The predicted octanol–water partition coefficient (Wildman–Crippen LogP) is 4.39. The van der Waals surface area contributed by atoms with E-state index in [0.717, 1.165) is 5.56 Å². The van der Waals surface area contributed by atoms with E-state index in [1.54, 1.807) is 70.6 Å². The Labute approximate surface area is 242 Å². The van der Waals surface area contributed by atoms with E-state index in [2.05, 4.69) is 25.2 Å². The number of piperazine rings is 1. The fourth-order valence-corrected chi connectivity index (χ4v) is 5.48. The van der Waals surface area contributed by atoms with E-state index in [1.807, 2.05) is 0 Å². The number of benzene rings is 3. The minimum Gasteiger partial charge on any atom is -0.339 e. The van der Waals surface area contributed by atoms with Crippen molar-refractivity contribution in [2.75, 3.05) is 36.2 Å². The van der Waals surface area contributed by atoms with Gasteiger partial charge in [-0.05, 0) is 71.9 Å². The van der Waals surface area contributed by atoms with Gasteiger partial charge >= 0.3 is 0 Å². The number of hydrogen-bond donors (Lipinski definition) is 2. The second-order valence-corrected chi connectivity index (χ2v) is 11.2. The van der Waals surface area contributed by atoms with Gasteiger partial charge in [-0.2, -0.15) is 0 Å². The van der Waals surface area contributed by atoms with Crippen LogP contribution in [-0.4, -0.2) is 66.2 Å². The summed E-state index contributed by atoms with van der Waals surface area (Å²) in [4.78, 5) is 47.3. The lowest BCUT2D eigenvalue weighted by Gasteiger charge is -2.34. The number of carbonyl (C=O) groups is 2. The van der Waals surface area contributed by atoms with Crippen LogP contribution in [0.4, 0.5) is 23.0 Å². The lowest BCUT2D eigenvalue weighted by Crippen LogP contribution is -2.50. The molecule has 1 aliphatic rings. The highest BCUT2D eigenvalue weighted by Gasteiger charge is 2.23. The first-order chi connectivity index (χ1) is 20.2. The summed E-state index contributed by atoms with van der Waals surface area (Å²) in [5, 5.41) is 5.91. The Morgan fingerprint density at radius 2 is 1.43 bits per heavy atom. The van der Waals surface area contributed by atoms with Crippen LogP contribution in [0.1, 0.15) is 17.3 Å². The van der Waals surface area contributed by atoms with E-state index in [9.17, 15) is 22.9 Å². The lowest BCUT2D eigenvalue weighted by molar-refractivity contribution is -0.130. The number of anilines is 3. The first-order valence-corrected chi connectivity index (χ1v) is 14.5. The van der Waals surface area contributed by atoms with Gasteiger partial charge in [-0.25, -0.2) is 18.4 Å². The molecule has 2 heterocycles. The topological polar surface area (TPSA) is 154 Å².